The molecule has 118 valence electrons. The summed E-state index contributed by atoms with van der Waals surface area (Å²) in [6.45, 7) is 5.63. The lowest BCUT2D eigenvalue weighted by Gasteiger charge is -2.32. The van der Waals surface area contributed by atoms with Gasteiger partial charge in [-0.2, -0.15) is 4.37 Å². The number of rotatable bonds is 4. The van der Waals surface area contributed by atoms with Gasteiger partial charge in [-0.15, -0.1) is 0 Å². The third-order valence-corrected chi connectivity index (χ3v) is 4.45. The van der Waals surface area contributed by atoms with Gasteiger partial charge in [-0.1, -0.05) is 6.92 Å². The van der Waals surface area contributed by atoms with E-state index in [1.54, 1.807) is 0 Å². The van der Waals surface area contributed by atoms with Crippen molar-refractivity contribution in [1.82, 2.24) is 19.3 Å². The monoisotopic (exact) mass is 320 g/mol. The molecule has 1 fully saturated rings. The molecule has 0 spiro atoms. The van der Waals surface area contributed by atoms with E-state index in [-0.39, 0.29) is 5.56 Å². The van der Waals surface area contributed by atoms with E-state index in [2.05, 4.69) is 36.5 Å². The molecule has 2 aromatic heterocycles. The Morgan fingerprint density at radius 2 is 2.18 bits per heavy atom. The quantitative estimate of drug-likeness (QED) is 0.889. The van der Waals surface area contributed by atoms with Crippen molar-refractivity contribution in [3.05, 3.63) is 27.9 Å². The number of aromatic nitrogens is 4. The average Bonchev–Trinajstić information content (AvgIpc) is 2.95. The minimum absolute atomic E-state index is 0.0938. The van der Waals surface area contributed by atoms with E-state index in [0.717, 1.165) is 49.0 Å². The lowest BCUT2D eigenvalue weighted by Crippen LogP contribution is -2.40. The molecule has 7 nitrogen and oxygen atoms in total. The maximum atomic E-state index is 11.5. The van der Waals surface area contributed by atoms with Crippen LogP contribution in [0.5, 0.6) is 0 Å². The van der Waals surface area contributed by atoms with E-state index in [4.69, 9.17) is 0 Å². The molecule has 1 aliphatic heterocycles. The van der Waals surface area contributed by atoms with Crippen LogP contribution in [0, 0.1) is 6.92 Å². The molecular formula is C14H20N6OS. The van der Waals surface area contributed by atoms with Crippen LogP contribution in [0.4, 0.5) is 11.1 Å². The second-order valence-corrected chi connectivity index (χ2v) is 6.24. The summed E-state index contributed by atoms with van der Waals surface area (Å²) < 4.78 is 4.29. The van der Waals surface area contributed by atoms with Crippen LogP contribution in [0.1, 0.15) is 31.3 Å². The first-order valence-electron chi connectivity index (χ1n) is 7.56. The molecule has 2 N–H and O–H groups in total. The molecule has 2 aromatic rings. The van der Waals surface area contributed by atoms with E-state index in [1.165, 1.54) is 17.6 Å². The van der Waals surface area contributed by atoms with Gasteiger partial charge in [-0.25, -0.2) is 9.97 Å². The number of H-pyrrole nitrogens is 1. The fourth-order valence-electron chi connectivity index (χ4n) is 2.58. The Morgan fingerprint density at radius 3 is 2.82 bits per heavy atom. The maximum Gasteiger partial charge on any atom is 0.252 e. The van der Waals surface area contributed by atoms with Crippen molar-refractivity contribution in [3.8, 4) is 0 Å². The summed E-state index contributed by atoms with van der Waals surface area (Å²) in [5, 5.41) is 4.36. The summed E-state index contributed by atoms with van der Waals surface area (Å²) >= 11 is 1.42. The van der Waals surface area contributed by atoms with Gasteiger partial charge in [-0.05, 0) is 19.8 Å². The van der Waals surface area contributed by atoms with Crippen LogP contribution in [-0.4, -0.2) is 38.5 Å². The molecule has 8 heteroatoms. The molecule has 0 atom stereocenters. The van der Waals surface area contributed by atoms with Crippen molar-refractivity contribution in [2.45, 2.75) is 39.2 Å². The minimum Gasteiger partial charge on any atom is -0.357 e. The Hall–Kier alpha value is -1.96. The molecule has 0 radical (unpaired) electrons. The van der Waals surface area contributed by atoms with Crippen molar-refractivity contribution >= 4 is 22.6 Å². The summed E-state index contributed by atoms with van der Waals surface area (Å²) in [4.78, 5) is 25.3. The number of piperidine rings is 1. The predicted molar refractivity (Wildman–Crippen MR) is 87.7 cm³/mol. The van der Waals surface area contributed by atoms with E-state index >= 15 is 0 Å². The van der Waals surface area contributed by atoms with Crippen LogP contribution < -0.4 is 15.8 Å². The highest BCUT2D eigenvalue weighted by Gasteiger charge is 2.21. The molecule has 1 saturated heterocycles. The Bertz CT molecular complexity index is 689. The molecule has 0 bridgehead atoms. The number of nitrogens with one attached hydrogen (secondary N) is 2. The third-order valence-electron chi connectivity index (χ3n) is 3.76. The zero-order chi connectivity index (χ0) is 15.5. The lowest BCUT2D eigenvalue weighted by molar-refractivity contribution is 0.519. The fourth-order valence-corrected chi connectivity index (χ4v) is 3.31. The number of aryl methyl sites for hydroxylation is 2. The highest BCUT2D eigenvalue weighted by atomic mass is 32.1. The zero-order valence-corrected chi connectivity index (χ0v) is 13.6. The third kappa shape index (κ3) is 3.44. The number of nitrogens with zero attached hydrogens (tertiary/aromatic N) is 4. The van der Waals surface area contributed by atoms with Crippen LogP contribution in [0.15, 0.2) is 10.9 Å². The van der Waals surface area contributed by atoms with Crippen molar-refractivity contribution in [2.24, 2.45) is 0 Å². The molecular weight excluding hydrogens is 300 g/mol. The lowest BCUT2D eigenvalue weighted by atomic mass is 10.1. The van der Waals surface area contributed by atoms with Crippen LogP contribution in [0.3, 0.4) is 0 Å². The van der Waals surface area contributed by atoms with Gasteiger partial charge in [0.1, 0.15) is 5.82 Å². The number of anilines is 2. The Balaban J connectivity index is 1.59. The fraction of sp³-hybridized carbons (Fsp3) is 0.571. The number of aromatic amines is 1. The number of hydrogen-bond donors (Lipinski definition) is 2. The molecule has 22 heavy (non-hydrogen) atoms. The van der Waals surface area contributed by atoms with Gasteiger partial charge in [0.15, 0.2) is 0 Å². The van der Waals surface area contributed by atoms with Crippen LogP contribution in [-0.2, 0) is 6.42 Å². The largest absolute Gasteiger partial charge is 0.357 e. The summed E-state index contributed by atoms with van der Waals surface area (Å²) in [5.74, 6) is 1.57. The van der Waals surface area contributed by atoms with Crippen molar-refractivity contribution in [3.63, 3.8) is 0 Å². The summed E-state index contributed by atoms with van der Waals surface area (Å²) in [5.41, 5.74) is 0.656. The van der Waals surface area contributed by atoms with Crippen molar-refractivity contribution in [2.75, 3.05) is 23.3 Å². The van der Waals surface area contributed by atoms with Crippen LogP contribution in [0.2, 0.25) is 0 Å². The van der Waals surface area contributed by atoms with Gasteiger partial charge < -0.3 is 10.2 Å². The van der Waals surface area contributed by atoms with Gasteiger partial charge in [0.05, 0.1) is 0 Å². The standard InChI is InChI=1S/C14H20N6OS/c1-3-11-17-14(22-19-11)16-10-4-6-20(7-5-10)13-15-9(2)8-12(21)18-13/h8,10H,3-7H2,1-2H3,(H,15,18,21)(H,16,17,19). The highest BCUT2D eigenvalue weighted by Crippen LogP contribution is 2.20. The summed E-state index contributed by atoms with van der Waals surface area (Å²) in [7, 11) is 0. The average molecular weight is 320 g/mol. The molecule has 0 aliphatic carbocycles. The smallest absolute Gasteiger partial charge is 0.252 e. The maximum absolute atomic E-state index is 11.5. The Kier molecular flexibility index (Phi) is 4.37. The first-order valence-corrected chi connectivity index (χ1v) is 8.33. The summed E-state index contributed by atoms with van der Waals surface area (Å²) in [6, 6.07) is 1.91. The Morgan fingerprint density at radius 1 is 1.41 bits per heavy atom. The Labute approximate surface area is 133 Å². The van der Waals surface area contributed by atoms with Crippen LogP contribution >= 0.6 is 11.5 Å². The minimum atomic E-state index is -0.0938. The van der Waals surface area contributed by atoms with Gasteiger partial charge in [0.25, 0.3) is 5.56 Å². The molecule has 3 rings (SSSR count). The van der Waals surface area contributed by atoms with Gasteiger partial charge in [0.2, 0.25) is 11.1 Å². The SMILES string of the molecule is CCc1nsc(NC2CCN(c3nc(C)cc(=O)[nH]3)CC2)n1. The molecule has 0 amide bonds. The van der Waals surface area contributed by atoms with Gasteiger partial charge in [0, 0.05) is 48.8 Å². The summed E-state index contributed by atoms with van der Waals surface area (Å²) in [6.07, 6.45) is 2.83. The highest BCUT2D eigenvalue weighted by molar-refractivity contribution is 7.09. The van der Waals surface area contributed by atoms with E-state index in [1.807, 2.05) is 6.92 Å². The molecule has 0 aromatic carbocycles. The van der Waals surface area contributed by atoms with E-state index in [9.17, 15) is 4.79 Å². The normalized spacial score (nSPS) is 16.0. The second kappa shape index (κ2) is 6.43. The predicted octanol–water partition coefficient (Wildman–Crippen LogP) is 1.57. The van der Waals surface area contributed by atoms with Gasteiger partial charge >= 0.3 is 0 Å². The topological polar surface area (TPSA) is 86.8 Å². The van der Waals surface area contributed by atoms with E-state index in [0.29, 0.717) is 12.0 Å². The molecule has 3 heterocycles. The first-order chi connectivity index (χ1) is 10.6. The second-order valence-electron chi connectivity index (χ2n) is 5.49. The van der Waals surface area contributed by atoms with Crippen molar-refractivity contribution in [1.29, 1.82) is 0 Å². The molecule has 0 saturated carbocycles. The van der Waals surface area contributed by atoms with Crippen molar-refractivity contribution < 1.29 is 0 Å². The van der Waals surface area contributed by atoms with Gasteiger partial charge in [-0.3, -0.25) is 9.78 Å². The molecule has 1 aliphatic rings. The zero-order valence-electron chi connectivity index (χ0n) is 12.8. The van der Waals surface area contributed by atoms with E-state index < -0.39 is 0 Å². The van der Waals surface area contributed by atoms with Crippen LogP contribution in [0.25, 0.3) is 0 Å². The molecule has 0 unspecified atom stereocenters. The first kappa shape index (κ1) is 15.0. The number of hydrogen-bond acceptors (Lipinski definition) is 7.